The predicted octanol–water partition coefficient (Wildman–Crippen LogP) is 1.94. The number of rotatable bonds is 6. The van der Waals surface area contributed by atoms with Crippen molar-refractivity contribution in [3.8, 4) is 0 Å². The van der Waals surface area contributed by atoms with E-state index in [9.17, 15) is 4.79 Å². The summed E-state index contributed by atoms with van der Waals surface area (Å²) in [5.74, 6) is -0.906. The Morgan fingerprint density at radius 2 is 2.26 bits per heavy atom. The fourth-order valence-corrected chi connectivity index (χ4v) is 2.72. The predicted molar refractivity (Wildman–Crippen MR) is 72.3 cm³/mol. The summed E-state index contributed by atoms with van der Waals surface area (Å²) in [6.07, 6.45) is 4.79. The highest BCUT2D eigenvalue weighted by atomic mass is 16.4. The van der Waals surface area contributed by atoms with Crippen molar-refractivity contribution in [3.63, 3.8) is 0 Å². The van der Waals surface area contributed by atoms with Crippen LogP contribution in [0.1, 0.15) is 42.3 Å². The maximum Gasteiger partial charge on any atom is 0.372 e. The van der Waals surface area contributed by atoms with Gasteiger partial charge in [-0.25, -0.2) is 4.79 Å². The molecule has 0 spiro atoms. The van der Waals surface area contributed by atoms with Gasteiger partial charge in [0.05, 0.1) is 6.26 Å². The third-order valence-electron chi connectivity index (χ3n) is 3.65. The summed E-state index contributed by atoms with van der Waals surface area (Å²) in [5.41, 5.74) is 0.777. The average Bonchev–Trinajstić information content (AvgIpc) is 2.88. The molecule has 0 atom stereocenters. The zero-order valence-electron chi connectivity index (χ0n) is 11.4. The topological polar surface area (TPSA) is 65.7 Å². The number of carbonyl (C=O) groups is 1. The zero-order valence-corrected chi connectivity index (χ0v) is 11.4. The van der Waals surface area contributed by atoms with Gasteiger partial charge in [0.25, 0.3) is 0 Å². The normalized spacial score (nSPS) is 16.9. The van der Waals surface area contributed by atoms with E-state index in [2.05, 4.69) is 17.1 Å². The molecule has 19 heavy (non-hydrogen) atoms. The molecule has 2 N–H and O–H groups in total. The highest BCUT2D eigenvalue weighted by molar-refractivity contribution is 5.86. The lowest BCUT2D eigenvalue weighted by Gasteiger charge is -2.34. The molecule has 0 aliphatic carbocycles. The van der Waals surface area contributed by atoms with Crippen LogP contribution < -0.4 is 5.32 Å². The fraction of sp³-hybridized carbons (Fsp3) is 0.643. The molecule has 1 aliphatic heterocycles. The first kappa shape index (κ1) is 14.1. The van der Waals surface area contributed by atoms with Crippen molar-refractivity contribution < 1.29 is 14.3 Å². The van der Waals surface area contributed by atoms with Gasteiger partial charge in [0.2, 0.25) is 5.76 Å². The van der Waals surface area contributed by atoms with E-state index in [4.69, 9.17) is 9.52 Å². The van der Waals surface area contributed by atoms with Gasteiger partial charge in [-0.2, -0.15) is 0 Å². The Morgan fingerprint density at radius 1 is 1.53 bits per heavy atom. The van der Waals surface area contributed by atoms with Crippen LogP contribution in [0.25, 0.3) is 0 Å². The molecule has 5 heteroatoms. The van der Waals surface area contributed by atoms with Crippen LogP contribution in [-0.2, 0) is 6.54 Å². The molecule has 2 rings (SSSR count). The first-order valence-electron chi connectivity index (χ1n) is 6.96. The number of carboxylic acids is 1. The van der Waals surface area contributed by atoms with Crippen molar-refractivity contribution in [1.29, 1.82) is 0 Å². The molecule has 1 aromatic rings. The van der Waals surface area contributed by atoms with E-state index in [1.807, 2.05) is 0 Å². The second-order valence-electron chi connectivity index (χ2n) is 5.03. The van der Waals surface area contributed by atoms with Crippen LogP contribution in [0.3, 0.4) is 0 Å². The molecule has 1 aromatic heterocycles. The van der Waals surface area contributed by atoms with Crippen molar-refractivity contribution in [2.24, 2.45) is 0 Å². The lowest BCUT2D eigenvalue weighted by molar-refractivity contribution is 0.0657. The molecule has 5 nitrogen and oxygen atoms in total. The minimum Gasteiger partial charge on any atom is -0.475 e. The fourth-order valence-electron chi connectivity index (χ4n) is 2.72. The highest BCUT2D eigenvalue weighted by Crippen LogP contribution is 2.19. The quantitative estimate of drug-likeness (QED) is 0.823. The largest absolute Gasteiger partial charge is 0.475 e. The van der Waals surface area contributed by atoms with Gasteiger partial charge in [0.15, 0.2) is 0 Å². The Labute approximate surface area is 113 Å². The van der Waals surface area contributed by atoms with Gasteiger partial charge in [0, 0.05) is 18.2 Å². The number of furan rings is 1. The number of hydrogen-bond acceptors (Lipinski definition) is 4. The standard InChI is InChI=1S/C14H22N2O3/c1-2-8-16(12-3-6-15-7-4-12)10-11-5-9-19-13(11)14(17)18/h5,9,12,15H,2-4,6-8,10H2,1H3,(H,17,18). The molecular weight excluding hydrogens is 244 g/mol. The van der Waals surface area contributed by atoms with Crippen molar-refractivity contribution in [2.45, 2.75) is 38.8 Å². The van der Waals surface area contributed by atoms with Crippen LogP contribution in [0, 0.1) is 0 Å². The van der Waals surface area contributed by atoms with Crippen LogP contribution >= 0.6 is 0 Å². The molecule has 0 unspecified atom stereocenters. The van der Waals surface area contributed by atoms with Crippen LogP contribution in [-0.4, -0.2) is 41.7 Å². The number of aromatic carboxylic acids is 1. The van der Waals surface area contributed by atoms with Gasteiger partial charge >= 0.3 is 5.97 Å². The Morgan fingerprint density at radius 3 is 2.89 bits per heavy atom. The first-order valence-corrected chi connectivity index (χ1v) is 6.96. The molecule has 1 saturated heterocycles. The van der Waals surface area contributed by atoms with Crippen LogP contribution in [0.15, 0.2) is 16.7 Å². The molecule has 2 heterocycles. The van der Waals surface area contributed by atoms with E-state index >= 15 is 0 Å². The number of piperidine rings is 1. The second-order valence-corrected chi connectivity index (χ2v) is 5.03. The zero-order chi connectivity index (χ0) is 13.7. The molecule has 1 aliphatic rings. The van der Waals surface area contributed by atoms with Gasteiger partial charge in [0.1, 0.15) is 0 Å². The number of nitrogens with one attached hydrogen (secondary N) is 1. The molecule has 0 radical (unpaired) electrons. The Balaban J connectivity index is 2.06. The highest BCUT2D eigenvalue weighted by Gasteiger charge is 2.23. The SMILES string of the molecule is CCCN(Cc1ccoc1C(=O)O)C1CCNCC1. The monoisotopic (exact) mass is 266 g/mol. The van der Waals surface area contributed by atoms with Crippen molar-refractivity contribution >= 4 is 5.97 Å². The van der Waals surface area contributed by atoms with E-state index in [0.29, 0.717) is 12.6 Å². The van der Waals surface area contributed by atoms with E-state index in [1.165, 1.54) is 6.26 Å². The summed E-state index contributed by atoms with van der Waals surface area (Å²) in [6, 6.07) is 2.31. The summed E-state index contributed by atoms with van der Waals surface area (Å²) in [7, 11) is 0. The third kappa shape index (κ3) is 3.58. The van der Waals surface area contributed by atoms with Gasteiger partial charge in [-0.3, -0.25) is 4.90 Å². The van der Waals surface area contributed by atoms with Gasteiger partial charge in [-0.1, -0.05) is 6.92 Å². The number of nitrogens with zero attached hydrogens (tertiary/aromatic N) is 1. The molecule has 106 valence electrons. The van der Waals surface area contributed by atoms with Gasteiger partial charge in [-0.05, 0) is 45.0 Å². The van der Waals surface area contributed by atoms with Crippen LogP contribution in [0.5, 0.6) is 0 Å². The number of carboxylic acid groups (broad SMARTS) is 1. The van der Waals surface area contributed by atoms with Crippen molar-refractivity contribution in [1.82, 2.24) is 10.2 Å². The van der Waals surface area contributed by atoms with E-state index in [1.54, 1.807) is 6.07 Å². The van der Waals surface area contributed by atoms with E-state index < -0.39 is 5.97 Å². The Hall–Kier alpha value is -1.33. The lowest BCUT2D eigenvalue weighted by atomic mass is 10.0. The second kappa shape index (κ2) is 6.73. The molecular formula is C14H22N2O3. The summed E-state index contributed by atoms with van der Waals surface area (Å²) in [4.78, 5) is 13.5. The molecule has 0 amide bonds. The molecule has 0 saturated carbocycles. The maximum atomic E-state index is 11.1. The minimum absolute atomic E-state index is 0.0787. The molecule has 0 bridgehead atoms. The van der Waals surface area contributed by atoms with E-state index in [-0.39, 0.29) is 5.76 Å². The van der Waals surface area contributed by atoms with Crippen molar-refractivity contribution in [2.75, 3.05) is 19.6 Å². The minimum atomic E-state index is -0.984. The first-order chi connectivity index (χ1) is 9.22. The van der Waals surface area contributed by atoms with Crippen LogP contribution in [0.2, 0.25) is 0 Å². The lowest BCUT2D eigenvalue weighted by Crippen LogP contribution is -2.43. The van der Waals surface area contributed by atoms with E-state index in [0.717, 1.165) is 44.5 Å². The summed E-state index contributed by atoms with van der Waals surface area (Å²) in [6.45, 7) is 5.90. The summed E-state index contributed by atoms with van der Waals surface area (Å²) < 4.78 is 5.05. The third-order valence-corrected chi connectivity index (χ3v) is 3.65. The number of hydrogen-bond donors (Lipinski definition) is 2. The average molecular weight is 266 g/mol. The maximum absolute atomic E-state index is 11.1. The Bertz CT molecular complexity index is 411. The van der Waals surface area contributed by atoms with Gasteiger partial charge in [-0.15, -0.1) is 0 Å². The molecule has 0 aromatic carbocycles. The Kier molecular flexibility index (Phi) is 4.99. The van der Waals surface area contributed by atoms with Gasteiger partial charge < -0.3 is 14.8 Å². The smallest absolute Gasteiger partial charge is 0.372 e. The van der Waals surface area contributed by atoms with Crippen molar-refractivity contribution in [3.05, 3.63) is 23.7 Å². The summed E-state index contributed by atoms with van der Waals surface area (Å²) in [5, 5.41) is 12.4. The summed E-state index contributed by atoms with van der Waals surface area (Å²) >= 11 is 0. The van der Waals surface area contributed by atoms with Crippen LogP contribution in [0.4, 0.5) is 0 Å². The molecule has 1 fully saturated rings.